The number of aryl methyl sites for hydroxylation is 1. The van der Waals surface area contributed by atoms with Crippen molar-refractivity contribution in [1.29, 1.82) is 0 Å². The summed E-state index contributed by atoms with van der Waals surface area (Å²) in [5, 5.41) is 0. The fourth-order valence-electron chi connectivity index (χ4n) is 1.69. The monoisotopic (exact) mass is 263 g/mol. The van der Waals surface area contributed by atoms with E-state index in [0.717, 1.165) is 18.2 Å². The molecule has 0 aliphatic rings. The van der Waals surface area contributed by atoms with Gasteiger partial charge in [-0.3, -0.25) is 0 Å². The summed E-state index contributed by atoms with van der Waals surface area (Å²) in [5.41, 5.74) is 6.30. The quantitative estimate of drug-likeness (QED) is 0.906. The molecule has 0 aliphatic carbocycles. The Hall–Kier alpha value is -1.88. The largest absolute Gasteiger partial charge is 0.319 e. The summed E-state index contributed by atoms with van der Waals surface area (Å²) in [7, 11) is 0. The number of nitrogens with two attached hydrogens (primary N) is 1. The van der Waals surface area contributed by atoms with Crippen molar-refractivity contribution in [2.45, 2.75) is 26.3 Å². The summed E-state index contributed by atoms with van der Waals surface area (Å²) in [5.74, 6) is -0.646. The van der Waals surface area contributed by atoms with E-state index in [4.69, 9.17) is 5.73 Å². The molecule has 0 amide bonds. The zero-order valence-electron chi connectivity index (χ0n) is 11.0. The minimum Gasteiger partial charge on any atom is -0.319 e. The second-order valence-electron chi connectivity index (χ2n) is 5.06. The molecule has 100 valence electrons. The number of aromatic nitrogens is 2. The molecule has 2 aromatic rings. The third-order valence-corrected chi connectivity index (χ3v) is 2.63. The topological polar surface area (TPSA) is 51.8 Å². The lowest BCUT2D eigenvalue weighted by Crippen LogP contribution is -2.31. The van der Waals surface area contributed by atoms with Gasteiger partial charge in [0, 0.05) is 11.3 Å². The van der Waals surface area contributed by atoms with E-state index in [1.807, 2.05) is 0 Å². The van der Waals surface area contributed by atoms with Crippen LogP contribution in [0, 0.1) is 18.6 Å². The van der Waals surface area contributed by atoms with Gasteiger partial charge in [0.05, 0.1) is 11.2 Å². The second kappa shape index (κ2) is 4.66. The average Bonchev–Trinajstić information content (AvgIpc) is 2.30. The highest BCUT2D eigenvalue weighted by Gasteiger charge is 2.20. The maximum Gasteiger partial charge on any atom is 0.148 e. The Morgan fingerprint density at radius 2 is 1.79 bits per heavy atom. The summed E-state index contributed by atoms with van der Waals surface area (Å²) in [6, 6.07) is 4.87. The average molecular weight is 263 g/mol. The Morgan fingerprint density at radius 3 is 2.42 bits per heavy atom. The van der Waals surface area contributed by atoms with Crippen molar-refractivity contribution in [3.05, 3.63) is 47.4 Å². The Labute approximate surface area is 110 Å². The van der Waals surface area contributed by atoms with Crippen LogP contribution in [-0.2, 0) is 5.54 Å². The molecule has 0 spiro atoms. The van der Waals surface area contributed by atoms with Crippen LogP contribution in [0.2, 0.25) is 0 Å². The van der Waals surface area contributed by atoms with Crippen molar-refractivity contribution in [2.24, 2.45) is 5.73 Å². The van der Waals surface area contributed by atoms with Gasteiger partial charge in [0.2, 0.25) is 0 Å². The van der Waals surface area contributed by atoms with Crippen molar-refractivity contribution in [2.75, 3.05) is 0 Å². The highest BCUT2D eigenvalue weighted by Crippen LogP contribution is 2.24. The van der Waals surface area contributed by atoms with Gasteiger partial charge in [0.15, 0.2) is 0 Å². The van der Waals surface area contributed by atoms with Crippen molar-refractivity contribution >= 4 is 0 Å². The molecule has 1 aromatic heterocycles. The van der Waals surface area contributed by atoms with E-state index in [-0.39, 0.29) is 5.56 Å². The third-order valence-electron chi connectivity index (χ3n) is 2.63. The van der Waals surface area contributed by atoms with E-state index in [1.165, 1.54) is 0 Å². The van der Waals surface area contributed by atoms with Crippen LogP contribution in [0.5, 0.6) is 0 Å². The first-order chi connectivity index (χ1) is 8.77. The number of nitrogens with zero attached hydrogens (tertiary/aromatic N) is 2. The van der Waals surface area contributed by atoms with Crippen LogP contribution in [0.4, 0.5) is 8.78 Å². The molecule has 0 radical (unpaired) electrons. The van der Waals surface area contributed by atoms with Crippen LogP contribution < -0.4 is 5.73 Å². The molecule has 19 heavy (non-hydrogen) atoms. The van der Waals surface area contributed by atoms with Gasteiger partial charge >= 0.3 is 0 Å². The van der Waals surface area contributed by atoms with E-state index < -0.39 is 17.2 Å². The van der Waals surface area contributed by atoms with Crippen LogP contribution in [-0.4, -0.2) is 9.97 Å². The summed E-state index contributed by atoms with van der Waals surface area (Å²) in [6.07, 6.45) is 0. The first-order valence-corrected chi connectivity index (χ1v) is 5.88. The van der Waals surface area contributed by atoms with E-state index in [2.05, 4.69) is 9.97 Å². The number of hydrogen-bond donors (Lipinski definition) is 1. The molecule has 0 atom stereocenters. The highest BCUT2D eigenvalue weighted by molar-refractivity contribution is 5.60. The predicted molar refractivity (Wildman–Crippen MR) is 69.3 cm³/mol. The molecule has 0 saturated heterocycles. The minimum atomic E-state index is -0.745. The number of hydrogen-bond acceptors (Lipinski definition) is 3. The lowest BCUT2D eigenvalue weighted by Gasteiger charge is -2.18. The summed E-state index contributed by atoms with van der Waals surface area (Å²) < 4.78 is 27.0. The van der Waals surface area contributed by atoms with Crippen LogP contribution >= 0.6 is 0 Å². The molecule has 0 saturated carbocycles. The van der Waals surface area contributed by atoms with E-state index in [0.29, 0.717) is 17.2 Å². The molecule has 3 nitrogen and oxygen atoms in total. The predicted octanol–water partition coefficient (Wildman–Crippen LogP) is 2.92. The normalized spacial score (nSPS) is 11.7. The highest BCUT2D eigenvalue weighted by atomic mass is 19.1. The molecule has 2 N–H and O–H groups in total. The van der Waals surface area contributed by atoms with Gasteiger partial charge < -0.3 is 5.73 Å². The molecular formula is C14H15F2N3. The molecule has 0 bridgehead atoms. The number of halogens is 2. The molecule has 0 aliphatic heterocycles. The van der Waals surface area contributed by atoms with Gasteiger partial charge in [0.25, 0.3) is 0 Å². The van der Waals surface area contributed by atoms with Crippen molar-refractivity contribution in [1.82, 2.24) is 9.97 Å². The van der Waals surface area contributed by atoms with Gasteiger partial charge in [-0.25, -0.2) is 18.7 Å². The van der Waals surface area contributed by atoms with Gasteiger partial charge in [-0.15, -0.1) is 0 Å². The fourth-order valence-corrected chi connectivity index (χ4v) is 1.69. The van der Waals surface area contributed by atoms with Crippen LogP contribution in [0.15, 0.2) is 24.3 Å². The molecule has 2 rings (SSSR count). The van der Waals surface area contributed by atoms with Gasteiger partial charge in [-0.2, -0.15) is 0 Å². The Bertz CT molecular complexity index is 619. The van der Waals surface area contributed by atoms with E-state index in [1.54, 1.807) is 26.8 Å². The Balaban J connectivity index is 2.63. The van der Waals surface area contributed by atoms with Crippen molar-refractivity contribution in [3.63, 3.8) is 0 Å². The minimum absolute atomic E-state index is 0.107. The van der Waals surface area contributed by atoms with Crippen LogP contribution in [0.1, 0.15) is 25.4 Å². The summed E-state index contributed by atoms with van der Waals surface area (Å²) in [4.78, 5) is 8.46. The first kappa shape index (κ1) is 13.5. The van der Waals surface area contributed by atoms with E-state index >= 15 is 0 Å². The fraction of sp³-hybridized carbons (Fsp3) is 0.286. The molecule has 5 heteroatoms. The van der Waals surface area contributed by atoms with Gasteiger partial charge in [-0.05, 0) is 45.0 Å². The standard InChI is InChI=1S/C14H15F2N3/c1-8-6-12(19-13(18-8)14(2,3)17)10-7-9(15)4-5-11(10)16/h4-7H,17H2,1-3H3. The molecule has 1 aromatic carbocycles. The SMILES string of the molecule is Cc1cc(-c2cc(F)ccc2F)nc(C(C)(C)N)n1. The van der Waals surface area contributed by atoms with Crippen molar-refractivity contribution in [3.8, 4) is 11.3 Å². The smallest absolute Gasteiger partial charge is 0.148 e. The third kappa shape index (κ3) is 2.93. The van der Waals surface area contributed by atoms with Crippen LogP contribution in [0.3, 0.4) is 0 Å². The van der Waals surface area contributed by atoms with Crippen LogP contribution in [0.25, 0.3) is 11.3 Å². The Kier molecular flexibility index (Phi) is 3.32. The lowest BCUT2D eigenvalue weighted by molar-refractivity contribution is 0.512. The zero-order valence-corrected chi connectivity index (χ0v) is 11.0. The second-order valence-corrected chi connectivity index (χ2v) is 5.06. The maximum absolute atomic E-state index is 13.8. The molecular weight excluding hydrogens is 248 g/mol. The van der Waals surface area contributed by atoms with E-state index in [9.17, 15) is 8.78 Å². The summed E-state index contributed by atoms with van der Waals surface area (Å²) >= 11 is 0. The molecule has 0 unspecified atom stereocenters. The lowest BCUT2D eigenvalue weighted by atomic mass is 10.0. The summed E-state index contributed by atoms with van der Waals surface area (Å²) in [6.45, 7) is 5.28. The molecule has 1 heterocycles. The molecule has 0 fully saturated rings. The maximum atomic E-state index is 13.8. The number of benzene rings is 1. The first-order valence-electron chi connectivity index (χ1n) is 5.88. The van der Waals surface area contributed by atoms with Crippen molar-refractivity contribution < 1.29 is 8.78 Å². The Morgan fingerprint density at radius 1 is 1.11 bits per heavy atom. The van der Waals surface area contributed by atoms with Gasteiger partial charge in [-0.1, -0.05) is 0 Å². The zero-order chi connectivity index (χ0) is 14.2. The van der Waals surface area contributed by atoms with Gasteiger partial charge in [0.1, 0.15) is 17.5 Å². The number of rotatable bonds is 2.